The number of aliphatic imine (C=N–C) groups is 1. The van der Waals surface area contributed by atoms with Gasteiger partial charge in [-0.05, 0) is 58.4 Å². The molecule has 7 nitrogen and oxygen atoms in total. The number of nitrogens with one attached hydrogen (secondary N) is 1. The van der Waals surface area contributed by atoms with Gasteiger partial charge in [0.2, 0.25) is 0 Å². The van der Waals surface area contributed by atoms with E-state index in [2.05, 4.69) is 15.3 Å². The number of nitrogens with two attached hydrogens (primary N) is 1. The SMILES string of the molecule is CCCC(F)(F)c1cccc(C(=O)Nc2cc(C=NCCC(C)(C)O)c(N)cc2C(C)(C)O)n1. The number of benzene rings is 1. The van der Waals surface area contributed by atoms with Gasteiger partial charge in [-0.15, -0.1) is 0 Å². The molecule has 5 N–H and O–H groups in total. The zero-order chi connectivity index (χ0) is 25.7. The lowest BCUT2D eigenvalue weighted by atomic mass is 9.94. The van der Waals surface area contributed by atoms with Crippen LogP contribution in [0.2, 0.25) is 0 Å². The van der Waals surface area contributed by atoms with Crippen LogP contribution < -0.4 is 11.1 Å². The molecule has 0 unspecified atom stereocenters. The Morgan fingerprint density at radius 1 is 1.18 bits per heavy atom. The highest BCUT2D eigenvalue weighted by Crippen LogP contribution is 2.33. The standard InChI is InChI=1S/C25H34F2N4O3/c1-6-10-25(26,27)21-9-7-8-19(30-21)22(32)31-20-13-16(15-29-12-11-23(2,3)33)18(28)14-17(20)24(4,5)34/h7-9,13-15,33-34H,6,10-12,28H2,1-5H3,(H,31,32). The molecule has 2 aromatic rings. The summed E-state index contributed by atoms with van der Waals surface area (Å²) in [6.45, 7) is 8.46. The van der Waals surface area contributed by atoms with E-state index in [1.807, 2.05) is 0 Å². The molecule has 1 aromatic heterocycles. The molecule has 9 heteroatoms. The number of nitrogen functional groups attached to an aromatic ring is 1. The predicted octanol–water partition coefficient (Wildman–Crippen LogP) is 4.62. The van der Waals surface area contributed by atoms with Crippen LogP contribution >= 0.6 is 0 Å². The Balaban J connectivity index is 2.38. The average Bonchev–Trinajstić information content (AvgIpc) is 2.71. The van der Waals surface area contributed by atoms with Gasteiger partial charge in [-0.25, -0.2) is 4.98 Å². The quantitative estimate of drug-likeness (QED) is 0.295. The summed E-state index contributed by atoms with van der Waals surface area (Å²) >= 11 is 0. The second-order valence-electron chi connectivity index (χ2n) is 9.50. The van der Waals surface area contributed by atoms with Crippen LogP contribution in [0.4, 0.5) is 20.2 Å². The minimum Gasteiger partial charge on any atom is -0.398 e. The number of carbonyl (C=O) groups is 1. The number of hydrogen-bond acceptors (Lipinski definition) is 6. The zero-order valence-corrected chi connectivity index (χ0v) is 20.3. The molecule has 186 valence electrons. The lowest BCUT2D eigenvalue weighted by Gasteiger charge is -2.23. The van der Waals surface area contributed by atoms with Gasteiger partial charge in [0.15, 0.2) is 0 Å². The van der Waals surface area contributed by atoms with Crippen LogP contribution in [0.5, 0.6) is 0 Å². The summed E-state index contributed by atoms with van der Waals surface area (Å²) in [5.74, 6) is -3.84. The number of rotatable bonds is 10. The van der Waals surface area contributed by atoms with Gasteiger partial charge in [-0.2, -0.15) is 8.78 Å². The van der Waals surface area contributed by atoms with Crippen molar-refractivity contribution in [2.24, 2.45) is 4.99 Å². The van der Waals surface area contributed by atoms with Gasteiger partial charge < -0.3 is 21.3 Å². The van der Waals surface area contributed by atoms with Gasteiger partial charge in [0.05, 0.1) is 11.2 Å². The molecule has 1 heterocycles. The fourth-order valence-corrected chi connectivity index (χ4v) is 3.25. The van der Waals surface area contributed by atoms with Gasteiger partial charge in [-0.3, -0.25) is 9.79 Å². The maximum Gasteiger partial charge on any atom is 0.289 e. The van der Waals surface area contributed by atoms with Crippen molar-refractivity contribution < 1.29 is 23.8 Å². The van der Waals surface area contributed by atoms with Crippen molar-refractivity contribution in [3.05, 3.63) is 52.8 Å². The number of nitrogens with zero attached hydrogens (tertiary/aromatic N) is 2. The number of halogens is 2. The summed E-state index contributed by atoms with van der Waals surface area (Å²) in [6, 6.07) is 7.00. The fraction of sp³-hybridized carbons (Fsp3) is 0.480. The van der Waals surface area contributed by atoms with Crippen molar-refractivity contribution in [1.82, 2.24) is 4.98 Å². The van der Waals surface area contributed by atoms with Crippen LogP contribution in [0.1, 0.15) is 81.2 Å². The summed E-state index contributed by atoms with van der Waals surface area (Å²) < 4.78 is 28.6. The molecule has 0 saturated carbocycles. The fourth-order valence-electron chi connectivity index (χ4n) is 3.25. The molecule has 0 aliphatic carbocycles. The molecule has 2 rings (SSSR count). The normalized spacial score (nSPS) is 12.9. The number of alkyl halides is 2. The zero-order valence-electron chi connectivity index (χ0n) is 20.3. The topological polar surface area (TPSA) is 121 Å². The molecule has 0 saturated heterocycles. The van der Waals surface area contributed by atoms with E-state index in [0.717, 1.165) is 0 Å². The Morgan fingerprint density at radius 2 is 1.85 bits per heavy atom. The molecular weight excluding hydrogens is 442 g/mol. The Morgan fingerprint density at radius 3 is 2.44 bits per heavy atom. The number of aromatic nitrogens is 1. The molecular formula is C25H34F2N4O3. The molecule has 0 radical (unpaired) electrons. The average molecular weight is 477 g/mol. The first-order valence-electron chi connectivity index (χ1n) is 11.2. The maximum absolute atomic E-state index is 14.3. The van der Waals surface area contributed by atoms with Crippen molar-refractivity contribution in [1.29, 1.82) is 0 Å². The van der Waals surface area contributed by atoms with Gasteiger partial charge in [0.25, 0.3) is 11.8 Å². The summed E-state index contributed by atoms with van der Waals surface area (Å²) in [4.78, 5) is 21.1. The molecule has 34 heavy (non-hydrogen) atoms. The Bertz CT molecular complexity index is 1040. The van der Waals surface area contributed by atoms with E-state index in [-0.39, 0.29) is 24.2 Å². The maximum atomic E-state index is 14.3. The molecule has 0 fully saturated rings. The van der Waals surface area contributed by atoms with Crippen molar-refractivity contribution in [3.8, 4) is 0 Å². The molecule has 1 amide bonds. The van der Waals surface area contributed by atoms with E-state index in [4.69, 9.17) is 5.73 Å². The summed E-state index contributed by atoms with van der Waals surface area (Å²) in [5.41, 5.74) is 4.71. The highest BCUT2D eigenvalue weighted by atomic mass is 19.3. The molecule has 0 atom stereocenters. The lowest BCUT2D eigenvalue weighted by Crippen LogP contribution is -2.23. The van der Waals surface area contributed by atoms with Gasteiger partial charge in [-0.1, -0.05) is 19.4 Å². The highest BCUT2D eigenvalue weighted by Gasteiger charge is 2.32. The molecule has 0 bridgehead atoms. The first-order chi connectivity index (χ1) is 15.6. The molecule has 0 spiro atoms. The third-order valence-electron chi connectivity index (χ3n) is 5.13. The third-order valence-corrected chi connectivity index (χ3v) is 5.13. The van der Waals surface area contributed by atoms with Gasteiger partial charge in [0, 0.05) is 41.7 Å². The third kappa shape index (κ3) is 7.56. The smallest absolute Gasteiger partial charge is 0.289 e. The summed E-state index contributed by atoms with van der Waals surface area (Å²) in [6.07, 6.45) is 1.86. The number of amides is 1. The van der Waals surface area contributed by atoms with Crippen LogP contribution in [0, 0.1) is 0 Å². The van der Waals surface area contributed by atoms with Crippen LogP contribution in [0.15, 0.2) is 35.3 Å². The number of carbonyl (C=O) groups excluding carboxylic acids is 1. The van der Waals surface area contributed by atoms with Crippen LogP contribution in [-0.2, 0) is 11.5 Å². The number of anilines is 2. The monoisotopic (exact) mass is 476 g/mol. The molecule has 1 aromatic carbocycles. The molecule has 0 aliphatic heterocycles. The number of aliphatic hydroxyl groups is 2. The van der Waals surface area contributed by atoms with Crippen LogP contribution in [0.3, 0.4) is 0 Å². The van der Waals surface area contributed by atoms with E-state index in [1.54, 1.807) is 40.7 Å². The first-order valence-corrected chi connectivity index (χ1v) is 11.2. The van der Waals surface area contributed by atoms with Crippen molar-refractivity contribution in [2.75, 3.05) is 17.6 Å². The van der Waals surface area contributed by atoms with Crippen LogP contribution in [-0.4, -0.2) is 39.5 Å². The minimum atomic E-state index is -3.14. The number of pyridine rings is 1. The summed E-state index contributed by atoms with van der Waals surface area (Å²) in [7, 11) is 0. The van der Waals surface area contributed by atoms with E-state index < -0.39 is 28.7 Å². The second-order valence-corrected chi connectivity index (χ2v) is 9.50. The largest absolute Gasteiger partial charge is 0.398 e. The summed E-state index contributed by atoms with van der Waals surface area (Å²) in [5, 5.41) is 23.1. The van der Waals surface area contributed by atoms with Gasteiger partial charge >= 0.3 is 0 Å². The lowest BCUT2D eigenvalue weighted by molar-refractivity contribution is -0.0185. The Kier molecular flexibility index (Phi) is 8.50. The van der Waals surface area contributed by atoms with Crippen molar-refractivity contribution in [2.45, 2.75) is 71.0 Å². The first kappa shape index (κ1) is 27.3. The highest BCUT2D eigenvalue weighted by molar-refractivity contribution is 6.04. The van der Waals surface area contributed by atoms with Crippen molar-refractivity contribution >= 4 is 23.5 Å². The van der Waals surface area contributed by atoms with E-state index in [9.17, 15) is 23.8 Å². The van der Waals surface area contributed by atoms with E-state index in [1.165, 1.54) is 30.5 Å². The Hall–Kier alpha value is -2.91. The van der Waals surface area contributed by atoms with Crippen molar-refractivity contribution in [3.63, 3.8) is 0 Å². The predicted molar refractivity (Wildman–Crippen MR) is 130 cm³/mol. The van der Waals surface area contributed by atoms with Gasteiger partial charge in [0.1, 0.15) is 11.4 Å². The van der Waals surface area contributed by atoms with E-state index >= 15 is 0 Å². The van der Waals surface area contributed by atoms with Crippen LogP contribution in [0.25, 0.3) is 0 Å². The number of hydrogen-bond donors (Lipinski definition) is 4. The Labute approximate surface area is 199 Å². The minimum absolute atomic E-state index is 0.174. The molecule has 0 aliphatic rings. The second kappa shape index (κ2) is 10.6. The van der Waals surface area contributed by atoms with E-state index in [0.29, 0.717) is 29.8 Å².